The third kappa shape index (κ3) is 5.04. The van der Waals surface area contributed by atoms with Gasteiger partial charge in [-0.15, -0.1) is 5.10 Å². The van der Waals surface area contributed by atoms with Crippen LogP contribution < -0.4 is 5.32 Å². The highest BCUT2D eigenvalue weighted by atomic mass is 19.4. The highest BCUT2D eigenvalue weighted by Crippen LogP contribution is 2.16. The van der Waals surface area contributed by atoms with Crippen LogP contribution in [-0.2, 0) is 9.53 Å². The Balaban J connectivity index is 2.04. The van der Waals surface area contributed by atoms with Gasteiger partial charge in [-0.25, -0.2) is 4.79 Å². The van der Waals surface area contributed by atoms with Crippen molar-refractivity contribution in [2.75, 3.05) is 13.2 Å². The SMILES string of the molecule is Cc1ccc(-n2nc(C)c(C(=O)OCC(=O)NCC(F)(F)F)n2)c(C)c1. The van der Waals surface area contributed by atoms with Crippen LogP contribution in [0, 0.1) is 20.8 Å². The summed E-state index contributed by atoms with van der Waals surface area (Å²) >= 11 is 0. The van der Waals surface area contributed by atoms with Crippen molar-refractivity contribution in [3.8, 4) is 5.69 Å². The molecule has 10 heteroatoms. The van der Waals surface area contributed by atoms with E-state index in [1.54, 1.807) is 11.4 Å². The summed E-state index contributed by atoms with van der Waals surface area (Å²) in [6, 6.07) is 5.59. The van der Waals surface area contributed by atoms with Gasteiger partial charge >= 0.3 is 12.1 Å². The second kappa shape index (κ2) is 7.54. The lowest BCUT2D eigenvalue weighted by atomic mass is 10.1. The Hall–Kier alpha value is -2.91. The van der Waals surface area contributed by atoms with Gasteiger partial charge in [0.2, 0.25) is 0 Å². The van der Waals surface area contributed by atoms with Gasteiger partial charge in [-0.2, -0.15) is 23.1 Å². The number of aryl methyl sites for hydroxylation is 3. The molecule has 0 spiro atoms. The van der Waals surface area contributed by atoms with E-state index < -0.39 is 31.2 Å². The summed E-state index contributed by atoms with van der Waals surface area (Å²) in [5.41, 5.74) is 2.77. The molecular weight excluding hydrogens is 353 g/mol. The minimum atomic E-state index is -4.54. The Morgan fingerprint density at radius 2 is 1.88 bits per heavy atom. The lowest BCUT2D eigenvalue weighted by Crippen LogP contribution is -2.36. The zero-order valence-corrected chi connectivity index (χ0v) is 14.3. The molecule has 1 aromatic heterocycles. The summed E-state index contributed by atoms with van der Waals surface area (Å²) in [4.78, 5) is 24.6. The molecule has 7 nitrogen and oxygen atoms in total. The number of benzene rings is 1. The normalized spacial score (nSPS) is 11.3. The van der Waals surface area contributed by atoms with E-state index in [0.29, 0.717) is 5.69 Å². The average Bonchev–Trinajstić information content (AvgIpc) is 2.91. The van der Waals surface area contributed by atoms with Crippen molar-refractivity contribution in [1.82, 2.24) is 20.3 Å². The highest BCUT2D eigenvalue weighted by Gasteiger charge is 2.28. The van der Waals surface area contributed by atoms with E-state index in [1.165, 1.54) is 11.7 Å². The van der Waals surface area contributed by atoms with Crippen LogP contribution in [0.5, 0.6) is 0 Å². The number of esters is 1. The number of ether oxygens (including phenoxy) is 1. The number of halogens is 3. The van der Waals surface area contributed by atoms with E-state index in [0.717, 1.165) is 11.1 Å². The molecule has 26 heavy (non-hydrogen) atoms. The molecule has 0 bridgehead atoms. The zero-order chi connectivity index (χ0) is 19.5. The van der Waals surface area contributed by atoms with Crippen LogP contribution in [0.25, 0.3) is 5.69 Å². The Morgan fingerprint density at radius 3 is 2.50 bits per heavy atom. The van der Waals surface area contributed by atoms with E-state index in [4.69, 9.17) is 4.74 Å². The lowest BCUT2D eigenvalue weighted by Gasteiger charge is -2.08. The molecule has 0 saturated heterocycles. The molecule has 0 unspecified atom stereocenters. The summed E-state index contributed by atoms with van der Waals surface area (Å²) in [5.74, 6) is -2.00. The van der Waals surface area contributed by atoms with Crippen molar-refractivity contribution < 1.29 is 27.5 Å². The number of nitrogens with one attached hydrogen (secondary N) is 1. The van der Waals surface area contributed by atoms with E-state index >= 15 is 0 Å². The van der Waals surface area contributed by atoms with Crippen LogP contribution in [0.3, 0.4) is 0 Å². The fraction of sp³-hybridized carbons (Fsp3) is 0.375. The molecule has 1 heterocycles. The summed E-state index contributed by atoms with van der Waals surface area (Å²) in [5, 5.41) is 9.80. The molecule has 0 aliphatic rings. The second-order valence-electron chi connectivity index (χ2n) is 5.68. The van der Waals surface area contributed by atoms with Gasteiger partial charge in [-0.05, 0) is 32.4 Å². The number of alkyl halides is 3. The first-order valence-corrected chi connectivity index (χ1v) is 7.59. The molecule has 1 aromatic carbocycles. The van der Waals surface area contributed by atoms with Crippen molar-refractivity contribution >= 4 is 11.9 Å². The number of rotatable bonds is 5. The van der Waals surface area contributed by atoms with E-state index in [1.807, 2.05) is 26.0 Å². The van der Waals surface area contributed by atoms with Crippen LogP contribution in [0.2, 0.25) is 0 Å². The van der Waals surface area contributed by atoms with Gasteiger partial charge in [-0.1, -0.05) is 17.7 Å². The standard InChI is InChI=1S/C16H17F3N4O3/c1-9-4-5-12(10(2)6-9)23-21-11(3)14(22-23)15(25)26-7-13(24)20-8-16(17,18)19/h4-6H,7-8H2,1-3H3,(H,20,24). The van der Waals surface area contributed by atoms with Crippen molar-refractivity contribution in [1.29, 1.82) is 0 Å². The summed E-state index contributed by atoms with van der Waals surface area (Å²) in [6.07, 6.45) is -4.54. The fourth-order valence-electron chi connectivity index (χ4n) is 2.15. The molecule has 1 amide bonds. The first-order chi connectivity index (χ1) is 12.1. The molecule has 0 aliphatic heterocycles. The highest BCUT2D eigenvalue weighted by molar-refractivity contribution is 5.90. The first-order valence-electron chi connectivity index (χ1n) is 7.59. The summed E-state index contributed by atoms with van der Waals surface area (Å²) in [7, 11) is 0. The minimum absolute atomic E-state index is 0.117. The number of aromatic nitrogens is 3. The Kier molecular flexibility index (Phi) is 5.63. The summed E-state index contributed by atoms with van der Waals surface area (Å²) in [6.45, 7) is 3.00. The molecule has 140 valence electrons. The molecule has 2 rings (SSSR count). The number of carbonyl (C=O) groups excluding carboxylic acids is 2. The average molecular weight is 370 g/mol. The van der Waals surface area contributed by atoms with Crippen LogP contribution in [-0.4, -0.2) is 46.2 Å². The van der Waals surface area contributed by atoms with Crippen molar-refractivity contribution in [3.05, 3.63) is 40.7 Å². The minimum Gasteiger partial charge on any atom is -0.451 e. The zero-order valence-electron chi connectivity index (χ0n) is 14.3. The van der Waals surface area contributed by atoms with Gasteiger partial charge in [0.25, 0.3) is 5.91 Å². The van der Waals surface area contributed by atoms with Crippen molar-refractivity contribution in [2.45, 2.75) is 26.9 Å². The molecule has 0 saturated carbocycles. The van der Waals surface area contributed by atoms with Gasteiger partial charge in [0.1, 0.15) is 6.54 Å². The number of hydrogen-bond acceptors (Lipinski definition) is 5. The van der Waals surface area contributed by atoms with Gasteiger partial charge in [0, 0.05) is 0 Å². The molecule has 2 aromatic rings. The van der Waals surface area contributed by atoms with Crippen LogP contribution in [0.1, 0.15) is 27.3 Å². The second-order valence-corrected chi connectivity index (χ2v) is 5.68. The first kappa shape index (κ1) is 19.4. The number of carbonyl (C=O) groups is 2. The Morgan fingerprint density at radius 1 is 1.19 bits per heavy atom. The smallest absolute Gasteiger partial charge is 0.405 e. The Bertz CT molecular complexity index is 831. The van der Waals surface area contributed by atoms with E-state index in [-0.39, 0.29) is 11.4 Å². The molecule has 0 radical (unpaired) electrons. The topological polar surface area (TPSA) is 86.1 Å². The van der Waals surface area contributed by atoms with Gasteiger partial charge < -0.3 is 10.1 Å². The predicted octanol–water partition coefficient (Wildman–Crippen LogP) is 2.03. The molecule has 1 N–H and O–H groups in total. The summed E-state index contributed by atoms with van der Waals surface area (Å²) < 4.78 is 40.7. The van der Waals surface area contributed by atoms with Crippen molar-refractivity contribution in [3.63, 3.8) is 0 Å². The van der Waals surface area contributed by atoms with Gasteiger partial charge in [-0.3, -0.25) is 4.79 Å². The number of amides is 1. The maximum atomic E-state index is 12.0. The monoisotopic (exact) mass is 370 g/mol. The third-order valence-electron chi connectivity index (χ3n) is 3.36. The quantitative estimate of drug-likeness (QED) is 0.814. The van der Waals surface area contributed by atoms with E-state index in [2.05, 4.69) is 10.2 Å². The molecule has 0 aliphatic carbocycles. The third-order valence-corrected chi connectivity index (χ3v) is 3.36. The fourth-order valence-corrected chi connectivity index (χ4v) is 2.15. The predicted molar refractivity (Wildman–Crippen MR) is 84.9 cm³/mol. The van der Waals surface area contributed by atoms with Crippen LogP contribution in [0.4, 0.5) is 13.2 Å². The largest absolute Gasteiger partial charge is 0.451 e. The van der Waals surface area contributed by atoms with Crippen LogP contribution >= 0.6 is 0 Å². The molecule has 0 atom stereocenters. The maximum Gasteiger partial charge on any atom is 0.405 e. The number of nitrogens with zero attached hydrogens (tertiary/aromatic N) is 3. The van der Waals surface area contributed by atoms with Crippen molar-refractivity contribution in [2.24, 2.45) is 0 Å². The molecular formula is C16H17F3N4O3. The lowest BCUT2D eigenvalue weighted by molar-refractivity contribution is -0.140. The maximum absolute atomic E-state index is 12.0. The Labute approximate surface area is 147 Å². The number of hydrogen-bond donors (Lipinski definition) is 1. The van der Waals surface area contributed by atoms with Crippen LogP contribution in [0.15, 0.2) is 18.2 Å². The van der Waals surface area contributed by atoms with E-state index in [9.17, 15) is 22.8 Å². The van der Waals surface area contributed by atoms with Gasteiger partial charge in [0.05, 0.1) is 11.4 Å². The van der Waals surface area contributed by atoms with Gasteiger partial charge in [0.15, 0.2) is 12.3 Å². The molecule has 0 fully saturated rings.